The monoisotopic (exact) mass is 335 g/mol. The normalized spacial score (nSPS) is 11.2. The van der Waals surface area contributed by atoms with Gasteiger partial charge in [0.1, 0.15) is 11.6 Å². The average Bonchev–Trinajstić information content (AvgIpc) is 2.67. The summed E-state index contributed by atoms with van der Waals surface area (Å²) in [7, 11) is 0. The first-order chi connectivity index (χ1) is 10.2. The van der Waals surface area contributed by atoms with Crippen molar-refractivity contribution in [2.45, 2.75) is 20.0 Å². The number of rotatable bonds is 4. The van der Waals surface area contributed by atoms with Crippen LogP contribution in [-0.2, 0) is 6.54 Å². The zero-order valence-corrected chi connectivity index (χ0v) is 11.8. The molecule has 1 N–H and O–H groups in total. The van der Waals surface area contributed by atoms with Crippen LogP contribution in [0, 0.1) is 12.7 Å². The van der Waals surface area contributed by atoms with Gasteiger partial charge in [-0.2, -0.15) is 13.9 Å². The van der Waals surface area contributed by atoms with Crippen LogP contribution in [0.15, 0.2) is 16.9 Å². The lowest BCUT2D eigenvalue weighted by atomic mass is 10.1. The van der Waals surface area contributed by atoms with Crippen molar-refractivity contribution in [3.63, 3.8) is 0 Å². The van der Waals surface area contributed by atoms with Crippen molar-refractivity contribution in [1.82, 2.24) is 14.3 Å². The van der Waals surface area contributed by atoms with Crippen molar-refractivity contribution in [2.24, 2.45) is 0 Å². The van der Waals surface area contributed by atoms with E-state index in [0.717, 1.165) is 12.1 Å². The van der Waals surface area contributed by atoms with Gasteiger partial charge in [0.05, 0.1) is 17.1 Å². The largest absolute Gasteiger partial charge is 0.478 e. The number of hydrogen-bond donors (Lipinski definition) is 1. The van der Waals surface area contributed by atoms with Crippen LogP contribution in [0.4, 0.5) is 13.2 Å². The summed E-state index contributed by atoms with van der Waals surface area (Å²) in [6.07, 6.45) is 0. The first-order valence-electron chi connectivity index (χ1n) is 5.87. The summed E-state index contributed by atoms with van der Waals surface area (Å²) in [4.78, 5) is 22.7. The molecule has 0 amide bonds. The van der Waals surface area contributed by atoms with Crippen molar-refractivity contribution in [3.8, 4) is 0 Å². The average molecular weight is 336 g/mol. The number of carboxylic acid groups (broad SMARTS) is 1. The molecule has 0 fully saturated rings. The lowest BCUT2D eigenvalue weighted by molar-refractivity contribution is 0.0636. The Morgan fingerprint density at radius 2 is 2.09 bits per heavy atom. The molecule has 0 aliphatic rings. The van der Waals surface area contributed by atoms with Crippen LogP contribution in [-0.4, -0.2) is 25.4 Å². The van der Waals surface area contributed by atoms with E-state index in [1.807, 2.05) is 0 Å². The lowest BCUT2D eigenvalue weighted by Gasteiger charge is -2.06. The quantitative estimate of drug-likeness (QED) is 0.930. The van der Waals surface area contributed by atoms with E-state index in [2.05, 4.69) is 5.10 Å². The topological polar surface area (TPSA) is 77.1 Å². The zero-order valence-electron chi connectivity index (χ0n) is 11.1. The third kappa shape index (κ3) is 2.84. The van der Waals surface area contributed by atoms with Gasteiger partial charge in [-0.25, -0.2) is 23.2 Å². The van der Waals surface area contributed by atoms with Crippen molar-refractivity contribution in [2.75, 3.05) is 0 Å². The van der Waals surface area contributed by atoms with E-state index in [-0.39, 0.29) is 26.5 Å². The number of hydrogen-bond acceptors (Lipinski definition) is 3. The Morgan fingerprint density at radius 3 is 2.59 bits per heavy atom. The molecule has 0 unspecified atom stereocenters. The third-order valence-electron chi connectivity index (χ3n) is 2.92. The summed E-state index contributed by atoms with van der Waals surface area (Å²) in [6, 6.07) is 1.71. The molecule has 1 heterocycles. The van der Waals surface area contributed by atoms with Crippen LogP contribution < -0.4 is 5.69 Å². The van der Waals surface area contributed by atoms with Gasteiger partial charge in [0, 0.05) is 5.56 Å². The van der Waals surface area contributed by atoms with Crippen molar-refractivity contribution < 1.29 is 23.1 Å². The molecule has 2 rings (SSSR count). The van der Waals surface area contributed by atoms with Crippen LogP contribution >= 0.6 is 11.6 Å². The predicted octanol–water partition coefficient (Wildman–Crippen LogP) is 2.29. The second kappa shape index (κ2) is 5.84. The molecule has 0 aliphatic heterocycles. The lowest BCUT2D eigenvalue weighted by Crippen LogP contribution is -2.26. The molecule has 0 saturated heterocycles. The Labute approximate surface area is 126 Å². The third-order valence-corrected chi connectivity index (χ3v) is 3.24. The number of aromatic carboxylic acids is 1. The van der Waals surface area contributed by atoms with E-state index in [0.29, 0.717) is 4.68 Å². The van der Waals surface area contributed by atoms with Crippen molar-refractivity contribution in [1.29, 1.82) is 0 Å². The highest BCUT2D eigenvalue weighted by atomic mass is 35.5. The molecule has 0 spiro atoms. The van der Waals surface area contributed by atoms with Gasteiger partial charge in [0.25, 0.3) is 0 Å². The van der Waals surface area contributed by atoms with Gasteiger partial charge in [-0.15, -0.1) is 0 Å². The molecular formula is C12H9ClF3N3O3. The van der Waals surface area contributed by atoms with Gasteiger partial charge in [-0.3, -0.25) is 0 Å². The Balaban J connectivity index is 2.48. The summed E-state index contributed by atoms with van der Waals surface area (Å²) in [5.41, 5.74) is -1.70. The number of benzene rings is 1. The number of alkyl halides is 2. The van der Waals surface area contributed by atoms with Gasteiger partial charge < -0.3 is 5.11 Å². The van der Waals surface area contributed by atoms with E-state index in [1.165, 1.54) is 6.92 Å². The first-order valence-corrected chi connectivity index (χ1v) is 6.25. The highest BCUT2D eigenvalue weighted by Gasteiger charge is 2.19. The molecular weight excluding hydrogens is 327 g/mol. The number of carbonyl (C=O) groups is 1. The van der Waals surface area contributed by atoms with Crippen LogP contribution in [0.3, 0.4) is 0 Å². The molecule has 118 valence electrons. The first kappa shape index (κ1) is 16.1. The fraction of sp³-hybridized carbons (Fsp3) is 0.250. The molecule has 1 aromatic heterocycles. The SMILES string of the molecule is Cc1nn(Cc2cc(C(=O)O)c(Cl)cc2F)c(=O)n1C(F)F. The van der Waals surface area contributed by atoms with E-state index < -0.39 is 30.6 Å². The molecule has 6 nitrogen and oxygen atoms in total. The summed E-state index contributed by atoms with van der Waals surface area (Å²) in [5, 5.41) is 12.2. The highest BCUT2D eigenvalue weighted by molar-refractivity contribution is 6.33. The number of aryl methyl sites for hydroxylation is 1. The second-order valence-electron chi connectivity index (χ2n) is 4.36. The Kier molecular flexibility index (Phi) is 4.27. The number of nitrogens with zero attached hydrogens (tertiary/aromatic N) is 3. The van der Waals surface area contributed by atoms with Gasteiger partial charge in [0.2, 0.25) is 0 Å². The second-order valence-corrected chi connectivity index (χ2v) is 4.77. The van der Waals surface area contributed by atoms with E-state index >= 15 is 0 Å². The molecule has 10 heteroatoms. The molecule has 2 aromatic rings. The smallest absolute Gasteiger partial charge is 0.350 e. The molecule has 0 atom stereocenters. The molecule has 0 bridgehead atoms. The summed E-state index contributed by atoms with van der Waals surface area (Å²) in [6.45, 7) is -2.38. The minimum atomic E-state index is -3.08. The fourth-order valence-electron chi connectivity index (χ4n) is 1.90. The Hall–Kier alpha value is -2.29. The Morgan fingerprint density at radius 1 is 1.45 bits per heavy atom. The zero-order chi connectivity index (χ0) is 16.6. The maximum absolute atomic E-state index is 13.8. The highest BCUT2D eigenvalue weighted by Crippen LogP contribution is 2.21. The van der Waals surface area contributed by atoms with E-state index in [4.69, 9.17) is 16.7 Å². The van der Waals surface area contributed by atoms with Crippen LogP contribution in [0.25, 0.3) is 0 Å². The molecule has 0 radical (unpaired) electrons. The minimum absolute atomic E-state index is 0.145. The molecule has 22 heavy (non-hydrogen) atoms. The Bertz CT molecular complexity index is 801. The van der Waals surface area contributed by atoms with E-state index in [1.54, 1.807) is 0 Å². The standard InChI is InChI=1S/C12H9ClF3N3O3/c1-5-17-18(12(22)19(5)11(15)16)4-6-2-7(10(20)21)8(13)3-9(6)14/h2-3,11H,4H2,1H3,(H,20,21). The summed E-state index contributed by atoms with van der Waals surface area (Å²) in [5.74, 6) is -2.49. The maximum atomic E-state index is 13.8. The summed E-state index contributed by atoms with van der Waals surface area (Å²) < 4.78 is 39.9. The minimum Gasteiger partial charge on any atom is -0.478 e. The predicted molar refractivity (Wildman–Crippen MR) is 69.9 cm³/mol. The number of halogens is 4. The number of aromatic nitrogens is 3. The van der Waals surface area contributed by atoms with Crippen molar-refractivity contribution in [3.05, 3.63) is 50.4 Å². The molecule has 0 saturated carbocycles. The van der Waals surface area contributed by atoms with Crippen LogP contribution in [0.5, 0.6) is 0 Å². The fourth-order valence-corrected chi connectivity index (χ4v) is 2.13. The van der Waals surface area contributed by atoms with Gasteiger partial charge >= 0.3 is 18.2 Å². The molecule has 1 aromatic carbocycles. The number of carboxylic acids is 1. The van der Waals surface area contributed by atoms with Crippen LogP contribution in [0.2, 0.25) is 5.02 Å². The van der Waals surface area contributed by atoms with Gasteiger partial charge in [-0.05, 0) is 19.1 Å². The van der Waals surface area contributed by atoms with Gasteiger partial charge in [0.15, 0.2) is 0 Å². The van der Waals surface area contributed by atoms with Crippen molar-refractivity contribution >= 4 is 17.6 Å². The molecule has 0 aliphatic carbocycles. The van der Waals surface area contributed by atoms with Gasteiger partial charge in [-0.1, -0.05) is 11.6 Å². The van der Waals surface area contributed by atoms with E-state index in [9.17, 15) is 22.8 Å². The maximum Gasteiger partial charge on any atom is 0.350 e. The summed E-state index contributed by atoms with van der Waals surface area (Å²) >= 11 is 5.59. The van der Waals surface area contributed by atoms with Crippen LogP contribution in [0.1, 0.15) is 28.3 Å².